The van der Waals surface area contributed by atoms with Crippen LogP contribution in [0.4, 0.5) is 0 Å². The van der Waals surface area contributed by atoms with Crippen molar-refractivity contribution >= 4 is 0 Å². The van der Waals surface area contributed by atoms with E-state index in [1.165, 1.54) is 37.9 Å². The molecule has 0 aromatic rings. The molecule has 0 spiro atoms. The van der Waals surface area contributed by atoms with Gasteiger partial charge in [-0.3, -0.25) is 0 Å². The molecule has 0 saturated carbocycles. The summed E-state index contributed by atoms with van der Waals surface area (Å²) in [5.41, 5.74) is 1.35. The van der Waals surface area contributed by atoms with E-state index in [4.69, 9.17) is 0 Å². The van der Waals surface area contributed by atoms with Crippen LogP contribution < -0.4 is 0 Å². The van der Waals surface area contributed by atoms with Crippen molar-refractivity contribution in [3.63, 3.8) is 0 Å². The summed E-state index contributed by atoms with van der Waals surface area (Å²) in [6, 6.07) is 0. The van der Waals surface area contributed by atoms with E-state index < -0.39 is 0 Å². The Labute approximate surface area is 81.1 Å². The van der Waals surface area contributed by atoms with E-state index in [-0.39, 0.29) is 0 Å². The summed E-state index contributed by atoms with van der Waals surface area (Å²) in [7, 11) is 2.24. The van der Waals surface area contributed by atoms with Crippen LogP contribution in [-0.4, -0.2) is 25.0 Å². The van der Waals surface area contributed by atoms with Crippen molar-refractivity contribution in [2.24, 2.45) is 11.8 Å². The molecular weight excluding hydrogens is 158 g/mol. The fourth-order valence-corrected chi connectivity index (χ4v) is 2.47. The standard InChI is InChI=1S/C12H19N/c1-10-6-7-12(10)11-5-3-4-8-13(2)9-11/h6-7,11-12H,1,3-5,8-9H2,2H3. The molecule has 1 aliphatic heterocycles. The van der Waals surface area contributed by atoms with Gasteiger partial charge in [0.05, 0.1) is 0 Å². The van der Waals surface area contributed by atoms with Crippen molar-refractivity contribution in [1.29, 1.82) is 0 Å². The van der Waals surface area contributed by atoms with Crippen LogP contribution in [0.25, 0.3) is 0 Å². The number of nitrogens with zero attached hydrogens (tertiary/aromatic N) is 1. The van der Waals surface area contributed by atoms with Gasteiger partial charge in [-0.2, -0.15) is 0 Å². The Bertz CT molecular complexity index is 229. The molecule has 0 bridgehead atoms. The molecule has 1 nitrogen and oxygen atoms in total. The molecule has 2 aliphatic rings. The lowest BCUT2D eigenvalue weighted by Gasteiger charge is -2.31. The van der Waals surface area contributed by atoms with Crippen molar-refractivity contribution in [1.82, 2.24) is 4.90 Å². The monoisotopic (exact) mass is 177 g/mol. The molecule has 1 aliphatic carbocycles. The lowest BCUT2D eigenvalue weighted by atomic mass is 9.77. The minimum atomic E-state index is 0.695. The van der Waals surface area contributed by atoms with Crippen molar-refractivity contribution < 1.29 is 0 Å². The van der Waals surface area contributed by atoms with E-state index >= 15 is 0 Å². The first-order valence-corrected chi connectivity index (χ1v) is 5.33. The largest absolute Gasteiger partial charge is 0.306 e. The van der Waals surface area contributed by atoms with Gasteiger partial charge in [0.15, 0.2) is 0 Å². The summed E-state index contributed by atoms with van der Waals surface area (Å²) >= 11 is 0. The van der Waals surface area contributed by atoms with E-state index in [1.807, 2.05) is 0 Å². The SMILES string of the molecule is C=C1C=CC1C1CCCCN(C)C1. The summed E-state index contributed by atoms with van der Waals surface area (Å²) < 4.78 is 0. The Morgan fingerprint density at radius 3 is 2.92 bits per heavy atom. The van der Waals surface area contributed by atoms with Crippen molar-refractivity contribution in [2.75, 3.05) is 20.1 Å². The van der Waals surface area contributed by atoms with Gasteiger partial charge in [-0.1, -0.05) is 25.2 Å². The molecular formula is C12H19N. The molecule has 13 heavy (non-hydrogen) atoms. The van der Waals surface area contributed by atoms with Gasteiger partial charge in [-0.25, -0.2) is 0 Å². The van der Waals surface area contributed by atoms with Crippen LogP contribution in [0.2, 0.25) is 0 Å². The molecule has 72 valence electrons. The van der Waals surface area contributed by atoms with Crippen molar-refractivity contribution in [2.45, 2.75) is 19.3 Å². The van der Waals surface area contributed by atoms with Gasteiger partial charge >= 0.3 is 0 Å². The van der Waals surface area contributed by atoms with Crippen LogP contribution in [0.3, 0.4) is 0 Å². The number of hydrogen-bond donors (Lipinski definition) is 0. The second kappa shape index (κ2) is 3.67. The Morgan fingerprint density at radius 1 is 1.46 bits per heavy atom. The van der Waals surface area contributed by atoms with Crippen LogP contribution in [0.5, 0.6) is 0 Å². The summed E-state index contributed by atoms with van der Waals surface area (Å²) in [4.78, 5) is 2.47. The Balaban J connectivity index is 1.97. The van der Waals surface area contributed by atoms with E-state index in [1.54, 1.807) is 0 Å². The zero-order chi connectivity index (χ0) is 9.26. The van der Waals surface area contributed by atoms with Gasteiger partial charge in [0.25, 0.3) is 0 Å². The third-order valence-corrected chi connectivity index (χ3v) is 3.36. The number of rotatable bonds is 1. The van der Waals surface area contributed by atoms with Crippen LogP contribution in [-0.2, 0) is 0 Å². The van der Waals surface area contributed by atoms with Crippen LogP contribution in [0.1, 0.15) is 19.3 Å². The molecule has 1 heteroatoms. The number of likely N-dealkylation sites (tertiary alicyclic amines) is 1. The summed E-state index contributed by atoms with van der Waals surface area (Å²) in [6.07, 6.45) is 8.64. The van der Waals surface area contributed by atoms with Crippen molar-refractivity contribution in [3.05, 3.63) is 24.3 Å². The smallest absolute Gasteiger partial charge is 0.00556 e. The molecule has 2 unspecified atom stereocenters. The molecule has 0 radical (unpaired) electrons. The average molecular weight is 177 g/mol. The third kappa shape index (κ3) is 1.86. The maximum atomic E-state index is 4.07. The highest BCUT2D eigenvalue weighted by molar-refractivity contribution is 5.33. The minimum absolute atomic E-state index is 0.695. The maximum absolute atomic E-state index is 4.07. The zero-order valence-corrected chi connectivity index (χ0v) is 8.50. The van der Waals surface area contributed by atoms with Crippen LogP contribution >= 0.6 is 0 Å². The first-order valence-electron chi connectivity index (χ1n) is 5.33. The zero-order valence-electron chi connectivity index (χ0n) is 8.50. The normalized spacial score (nSPS) is 35.6. The highest BCUT2D eigenvalue weighted by atomic mass is 15.1. The van der Waals surface area contributed by atoms with E-state index in [9.17, 15) is 0 Å². The third-order valence-electron chi connectivity index (χ3n) is 3.36. The second-order valence-corrected chi connectivity index (χ2v) is 4.48. The quantitative estimate of drug-likeness (QED) is 0.594. The van der Waals surface area contributed by atoms with E-state index in [0.717, 1.165) is 5.92 Å². The number of hydrogen-bond acceptors (Lipinski definition) is 1. The molecule has 2 rings (SSSR count). The predicted octanol–water partition coefficient (Wildman–Crippen LogP) is 2.46. The van der Waals surface area contributed by atoms with Crippen LogP contribution in [0.15, 0.2) is 24.3 Å². The molecule has 0 aromatic carbocycles. The first kappa shape index (κ1) is 9.01. The Hall–Kier alpha value is -0.560. The molecule has 1 fully saturated rings. The topological polar surface area (TPSA) is 3.24 Å². The van der Waals surface area contributed by atoms with Gasteiger partial charge in [0, 0.05) is 12.5 Å². The number of allylic oxidation sites excluding steroid dienone is 3. The van der Waals surface area contributed by atoms with Gasteiger partial charge in [0.2, 0.25) is 0 Å². The molecule has 1 heterocycles. The Kier molecular flexibility index (Phi) is 2.54. The van der Waals surface area contributed by atoms with E-state index in [2.05, 4.69) is 30.7 Å². The Morgan fingerprint density at radius 2 is 2.31 bits per heavy atom. The molecule has 0 amide bonds. The van der Waals surface area contributed by atoms with Crippen LogP contribution in [0, 0.1) is 11.8 Å². The van der Waals surface area contributed by atoms with Gasteiger partial charge < -0.3 is 4.90 Å². The summed E-state index contributed by atoms with van der Waals surface area (Å²) in [6.45, 7) is 6.60. The highest BCUT2D eigenvalue weighted by Crippen LogP contribution is 2.34. The van der Waals surface area contributed by atoms with E-state index in [0.29, 0.717) is 5.92 Å². The molecule has 0 N–H and O–H groups in total. The summed E-state index contributed by atoms with van der Waals surface area (Å²) in [5, 5.41) is 0. The fourth-order valence-electron chi connectivity index (χ4n) is 2.47. The molecule has 1 saturated heterocycles. The highest BCUT2D eigenvalue weighted by Gasteiger charge is 2.27. The van der Waals surface area contributed by atoms with Crippen molar-refractivity contribution in [3.8, 4) is 0 Å². The first-order chi connectivity index (χ1) is 6.27. The van der Waals surface area contributed by atoms with Gasteiger partial charge in [0.1, 0.15) is 0 Å². The van der Waals surface area contributed by atoms with Gasteiger partial charge in [-0.15, -0.1) is 0 Å². The lowest BCUT2D eigenvalue weighted by molar-refractivity contribution is 0.271. The average Bonchev–Trinajstić information content (AvgIpc) is 2.27. The molecule has 2 atom stereocenters. The predicted molar refractivity (Wildman–Crippen MR) is 56.6 cm³/mol. The second-order valence-electron chi connectivity index (χ2n) is 4.48. The maximum Gasteiger partial charge on any atom is 0.00556 e. The summed E-state index contributed by atoms with van der Waals surface area (Å²) in [5.74, 6) is 1.53. The molecule has 0 aromatic heterocycles. The lowest BCUT2D eigenvalue weighted by Crippen LogP contribution is -2.30. The van der Waals surface area contributed by atoms with Gasteiger partial charge in [-0.05, 0) is 37.9 Å². The fraction of sp³-hybridized carbons (Fsp3) is 0.667. The minimum Gasteiger partial charge on any atom is -0.306 e.